The summed E-state index contributed by atoms with van der Waals surface area (Å²) in [7, 11) is 0. The fourth-order valence-corrected chi connectivity index (χ4v) is 3.15. The molecule has 26 heavy (non-hydrogen) atoms. The molecule has 1 radical (unpaired) electrons. The highest BCUT2D eigenvalue weighted by Gasteiger charge is 2.07. The molecule has 0 saturated heterocycles. The molecule has 0 aromatic heterocycles. The zero-order valence-electron chi connectivity index (χ0n) is 16.2. The van der Waals surface area contributed by atoms with Crippen molar-refractivity contribution in [1.29, 1.82) is 0 Å². The molecular formula is C25H28N. The van der Waals surface area contributed by atoms with Gasteiger partial charge in [-0.15, -0.1) is 0 Å². The minimum atomic E-state index is 0.531. The molecule has 3 aromatic carbocycles. The lowest BCUT2D eigenvalue weighted by molar-refractivity contribution is 0.867. The lowest BCUT2D eigenvalue weighted by Crippen LogP contribution is -1.98. The van der Waals surface area contributed by atoms with Gasteiger partial charge in [-0.25, -0.2) is 0 Å². The summed E-state index contributed by atoms with van der Waals surface area (Å²) in [5, 5.41) is 0. The Balaban J connectivity index is 2.01. The number of rotatable bonds is 5. The monoisotopic (exact) mass is 342 g/mol. The van der Waals surface area contributed by atoms with E-state index >= 15 is 0 Å². The molecule has 3 rings (SSSR count). The van der Waals surface area contributed by atoms with Crippen molar-refractivity contribution < 1.29 is 0 Å². The van der Waals surface area contributed by atoms with Crippen LogP contribution < -0.4 is 5.73 Å². The van der Waals surface area contributed by atoms with E-state index in [1.807, 2.05) is 0 Å². The van der Waals surface area contributed by atoms with E-state index in [2.05, 4.69) is 94.4 Å². The lowest BCUT2D eigenvalue weighted by atomic mass is 9.93. The smallest absolute Gasteiger partial charge is 0.0178 e. The highest BCUT2D eigenvalue weighted by molar-refractivity contribution is 5.73. The molecule has 1 heteroatoms. The van der Waals surface area contributed by atoms with Gasteiger partial charge >= 0.3 is 0 Å². The third-order valence-electron chi connectivity index (χ3n) is 4.94. The van der Waals surface area contributed by atoms with Crippen LogP contribution >= 0.6 is 0 Å². The van der Waals surface area contributed by atoms with E-state index < -0.39 is 0 Å². The average molecular weight is 343 g/mol. The summed E-state index contributed by atoms with van der Waals surface area (Å²) in [4.78, 5) is 0. The van der Waals surface area contributed by atoms with Crippen LogP contribution in [0.4, 0.5) is 0 Å². The second-order valence-electron chi connectivity index (χ2n) is 7.57. The molecule has 0 amide bonds. The highest BCUT2D eigenvalue weighted by atomic mass is 14.5. The van der Waals surface area contributed by atoms with E-state index in [1.165, 1.54) is 22.3 Å². The van der Waals surface area contributed by atoms with Crippen LogP contribution in [0.3, 0.4) is 0 Å². The predicted molar refractivity (Wildman–Crippen MR) is 112 cm³/mol. The van der Waals surface area contributed by atoms with Crippen LogP contribution in [0, 0.1) is 6.07 Å². The zero-order chi connectivity index (χ0) is 18.7. The normalized spacial score (nSPS) is 11.3. The van der Waals surface area contributed by atoms with Gasteiger partial charge in [0.2, 0.25) is 0 Å². The van der Waals surface area contributed by atoms with Crippen LogP contribution in [-0.4, -0.2) is 0 Å². The fourth-order valence-electron chi connectivity index (χ4n) is 3.15. The second kappa shape index (κ2) is 7.88. The van der Waals surface area contributed by atoms with Crippen LogP contribution in [0.5, 0.6) is 0 Å². The van der Waals surface area contributed by atoms with E-state index in [1.54, 1.807) is 0 Å². The third-order valence-corrected chi connectivity index (χ3v) is 4.94. The van der Waals surface area contributed by atoms with Crippen LogP contribution in [-0.2, 0) is 6.54 Å². The molecule has 0 heterocycles. The number of hydrogen-bond donors (Lipinski definition) is 1. The minimum Gasteiger partial charge on any atom is -0.326 e. The Morgan fingerprint density at radius 3 is 1.38 bits per heavy atom. The quantitative estimate of drug-likeness (QED) is 0.560. The van der Waals surface area contributed by atoms with E-state index in [-0.39, 0.29) is 0 Å². The molecule has 133 valence electrons. The van der Waals surface area contributed by atoms with Crippen molar-refractivity contribution >= 4 is 0 Å². The summed E-state index contributed by atoms with van der Waals surface area (Å²) in [6.45, 7) is 9.40. The van der Waals surface area contributed by atoms with Crippen molar-refractivity contribution in [2.45, 2.75) is 46.1 Å². The van der Waals surface area contributed by atoms with Crippen molar-refractivity contribution in [2.75, 3.05) is 0 Å². The van der Waals surface area contributed by atoms with Crippen LogP contribution in [0.15, 0.2) is 60.7 Å². The molecule has 3 aromatic rings. The fraction of sp³-hybridized carbons (Fsp3) is 0.280. The SMILES string of the molecule is CC(C)c1ccc(-c2[c]c(-c3ccc(C(C)C)cc3)cc(CN)c2)cc1. The van der Waals surface area contributed by atoms with Gasteiger partial charge in [0.15, 0.2) is 0 Å². The summed E-state index contributed by atoms with van der Waals surface area (Å²) in [6, 6.07) is 25.5. The van der Waals surface area contributed by atoms with Gasteiger partial charge in [-0.2, -0.15) is 0 Å². The molecule has 0 atom stereocenters. The van der Waals surface area contributed by atoms with E-state index in [9.17, 15) is 0 Å². The van der Waals surface area contributed by atoms with Crippen molar-refractivity contribution in [2.24, 2.45) is 5.73 Å². The zero-order valence-corrected chi connectivity index (χ0v) is 16.2. The Morgan fingerprint density at radius 2 is 1.08 bits per heavy atom. The maximum absolute atomic E-state index is 5.96. The van der Waals surface area contributed by atoms with Gasteiger partial charge in [0, 0.05) is 6.54 Å². The van der Waals surface area contributed by atoms with Gasteiger partial charge in [-0.05, 0) is 69.0 Å². The Kier molecular flexibility index (Phi) is 5.58. The largest absolute Gasteiger partial charge is 0.326 e. The molecule has 0 fully saturated rings. The topological polar surface area (TPSA) is 26.0 Å². The van der Waals surface area contributed by atoms with Gasteiger partial charge in [-0.3, -0.25) is 0 Å². The highest BCUT2D eigenvalue weighted by Crippen LogP contribution is 2.29. The van der Waals surface area contributed by atoms with Crippen LogP contribution in [0.25, 0.3) is 22.3 Å². The van der Waals surface area contributed by atoms with Gasteiger partial charge in [0.05, 0.1) is 0 Å². The van der Waals surface area contributed by atoms with E-state index in [0.29, 0.717) is 18.4 Å². The molecule has 0 unspecified atom stereocenters. The van der Waals surface area contributed by atoms with Crippen molar-refractivity contribution in [3.05, 3.63) is 83.4 Å². The molecule has 0 saturated carbocycles. The molecule has 0 aliphatic carbocycles. The summed E-state index contributed by atoms with van der Waals surface area (Å²) >= 11 is 0. The first kappa shape index (κ1) is 18.4. The molecule has 0 bridgehead atoms. The standard InChI is InChI=1S/C25H28N/c1-17(2)20-5-9-22(10-6-20)24-13-19(16-26)14-25(15-24)23-11-7-21(8-12-23)18(3)4/h5-14,17-18H,16,26H2,1-4H3. The maximum atomic E-state index is 5.96. The molecule has 1 nitrogen and oxygen atoms in total. The van der Waals surface area contributed by atoms with Gasteiger partial charge in [0.25, 0.3) is 0 Å². The molecule has 2 N–H and O–H groups in total. The first-order chi connectivity index (χ1) is 12.5. The van der Waals surface area contributed by atoms with E-state index in [4.69, 9.17) is 5.73 Å². The summed E-state index contributed by atoms with van der Waals surface area (Å²) < 4.78 is 0. The first-order valence-electron chi connectivity index (χ1n) is 9.45. The third kappa shape index (κ3) is 4.05. The number of benzene rings is 3. The Hall–Kier alpha value is -2.38. The maximum Gasteiger partial charge on any atom is 0.0178 e. The van der Waals surface area contributed by atoms with Gasteiger partial charge < -0.3 is 5.73 Å². The Morgan fingerprint density at radius 1 is 0.692 bits per heavy atom. The average Bonchev–Trinajstić information content (AvgIpc) is 2.67. The molecular weight excluding hydrogens is 314 g/mol. The van der Waals surface area contributed by atoms with Crippen LogP contribution in [0.1, 0.15) is 56.2 Å². The van der Waals surface area contributed by atoms with E-state index in [0.717, 1.165) is 16.7 Å². The number of nitrogens with two attached hydrogens (primary N) is 1. The van der Waals surface area contributed by atoms with Crippen molar-refractivity contribution in [3.8, 4) is 22.3 Å². The summed E-state index contributed by atoms with van der Waals surface area (Å²) in [5.41, 5.74) is 14.4. The van der Waals surface area contributed by atoms with Crippen LogP contribution in [0.2, 0.25) is 0 Å². The van der Waals surface area contributed by atoms with Crippen molar-refractivity contribution in [3.63, 3.8) is 0 Å². The van der Waals surface area contributed by atoms with Gasteiger partial charge in [0.1, 0.15) is 0 Å². The minimum absolute atomic E-state index is 0.531. The Bertz CT molecular complexity index is 786. The Labute approximate surface area is 157 Å². The predicted octanol–water partition coefficient (Wildman–Crippen LogP) is 6.53. The summed E-state index contributed by atoms with van der Waals surface area (Å²) in [6.07, 6.45) is 0. The molecule has 0 aliphatic heterocycles. The number of hydrogen-bond acceptors (Lipinski definition) is 1. The molecule has 0 aliphatic rings. The summed E-state index contributed by atoms with van der Waals surface area (Å²) in [5.74, 6) is 1.08. The lowest BCUT2D eigenvalue weighted by Gasteiger charge is -2.12. The second-order valence-corrected chi connectivity index (χ2v) is 7.57. The van der Waals surface area contributed by atoms with Crippen molar-refractivity contribution in [1.82, 2.24) is 0 Å². The van der Waals surface area contributed by atoms with Gasteiger partial charge in [-0.1, -0.05) is 76.2 Å². The molecule has 0 spiro atoms. The first-order valence-corrected chi connectivity index (χ1v) is 9.45.